The number of fused-ring (bicyclic) bond motifs is 1. The summed E-state index contributed by atoms with van der Waals surface area (Å²) >= 11 is 0. The second-order valence-electron chi connectivity index (χ2n) is 7.13. The number of hydrazone groups is 1. The van der Waals surface area contributed by atoms with E-state index in [4.69, 9.17) is 18.9 Å². The van der Waals surface area contributed by atoms with Crippen LogP contribution in [0.2, 0.25) is 0 Å². The topological polar surface area (TPSA) is 86.7 Å². The molecule has 1 aliphatic heterocycles. The molecule has 0 aromatic heterocycles. The highest BCUT2D eigenvalue weighted by atomic mass is 16.6. The second kappa shape index (κ2) is 8.97. The predicted molar refractivity (Wildman–Crippen MR) is 118 cm³/mol. The van der Waals surface area contributed by atoms with Gasteiger partial charge in [0.2, 0.25) is 18.0 Å². The first-order valence-electron chi connectivity index (χ1n) is 9.96. The van der Waals surface area contributed by atoms with Crippen LogP contribution < -0.4 is 14.2 Å². The zero-order valence-electron chi connectivity index (χ0n) is 17.9. The van der Waals surface area contributed by atoms with Crippen LogP contribution in [0.4, 0.5) is 0 Å². The molecule has 3 aromatic carbocycles. The van der Waals surface area contributed by atoms with E-state index in [1.807, 2.05) is 42.5 Å². The molecule has 1 unspecified atom stereocenters. The molecule has 0 saturated heterocycles. The highest BCUT2D eigenvalue weighted by Crippen LogP contribution is 2.35. The van der Waals surface area contributed by atoms with Crippen LogP contribution in [0, 0.1) is 0 Å². The number of amides is 1. The number of esters is 1. The van der Waals surface area contributed by atoms with Gasteiger partial charge >= 0.3 is 5.97 Å². The summed E-state index contributed by atoms with van der Waals surface area (Å²) in [5.41, 5.74) is 0.609. The maximum Gasteiger partial charge on any atom is 0.308 e. The Morgan fingerprint density at radius 1 is 1.00 bits per heavy atom. The lowest BCUT2D eigenvalue weighted by Gasteiger charge is -2.20. The number of benzene rings is 3. The molecule has 0 spiro atoms. The molecule has 0 radical (unpaired) electrons. The van der Waals surface area contributed by atoms with E-state index in [1.165, 1.54) is 26.0 Å². The lowest BCUT2D eigenvalue weighted by molar-refractivity contribution is -0.135. The van der Waals surface area contributed by atoms with Crippen molar-refractivity contribution in [2.75, 3.05) is 13.7 Å². The summed E-state index contributed by atoms with van der Waals surface area (Å²) in [4.78, 5) is 23.4. The van der Waals surface area contributed by atoms with Gasteiger partial charge in [0.15, 0.2) is 18.1 Å². The van der Waals surface area contributed by atoms with Crippen molar-refractivity contribution < 1.29 is 28.5 Å². The Bertz CT molecular complexity index is 1210. The average Bonchev–Trinajstić information content (AvgIpc) is 3.22. The summed E-state index contributed by atoms with van der Waals surface area (Å²) in [6.45, 7) is 2.76. The van der Waals surface area contributed by atoms with E-state index in [1.54, 1.807) is 18.2 Å². The molecule has 0 N–H and O–H groups in total. The highest BCUT2D eigenvalue weighted by molar-refractivity contribution is 5.85. The third kappa shape index (κ3) is 4.49. The Morgan fingerprint density at radius 3 is 2.50 bits per heavy atom. The number of hydrogen-bond donors (Lipinski definition) is 0. The molecular weight excluding hydrogens is 412 g/mol. The first kappa shape index (κ1) is 21.2. The summed E-state index contributed by atoms with van der Waals surface area (Å²) in [6, 6.07) is 18.7. The molecule has 1 atom stereocenters. The van der Waals surface area contributed by atoms with Gasteiger partial charge in [-0.15, -0.1) is 5.10 Å². The largest absolute Gasteiger partial charge is 0.493 e. The van der Waals surface area contributed by atoms with Gasteiger partial charge in [-0.3, -0.25) is 9.59 Å². The molecule has 3 aromatic rings. The number of rotatable bonds is 6. The summed E-state index contributed by atoms with van der Waals surface area (Å²) in [5.74, 6) is 0.790. The second-order valence-corrected chi connectivity index (χ2v) is 7.13. The molecule has 0 fully saturated rings. The van der Waals surface area contributed by atoms with Gasteiger partial charge in [0.05, 0.1) is 7.11 Å². The Kier molecular flexibility index (Phi) is 5.93. The fraction of sp³-hybridized carbons (Fsp3) is 0.208. The lowest BCUT2D eigenvalue weighted by atomic mass is 10.1. The Balaban J connectivity index is 1.50. The fourth-order valence-electron chi connectivity index (χ4n) is 3.36. The molecule has 1 heterocycles. The zero-order valence-corrected chi connectivity index (χ0v) is 17.9. The van der Waals surface area contributed by atoms with E-state index in [-0.39, 0.29) is 24.2 Å². The minimum absolute atomic E-state index is 0.0568. The van der Waals surface area contributed by atoms with Gasteiger partial charge < -0.3 is 18.9 Å². The van der Waals surface area contributed by atoms with Gasteiger partial charge in [-0.25, -0.2) is 0 Å². The van der Waals surface area contributed by atoms with E-state index in [0.717, 1.165) is 10.8 Å². The van der Waals surface area contributed by atoms with Crippen LogP contribution in [0.3, 0.4) is 0 Å². The van der Waals surface area contributed by atoms with Crippen LogP contribution in [0.5, 0.6) is 17.2 Å². The number of carbonyl (C=O) groups is 2. The van der Waals surface area contributed by atoms with Crippen molar-refractivity contribution >= 4 is 28.5 Å². The predicted octanol–water partition coefficient (Wildman–Crippen LogP) is 4.04. The van der Waals surface area contributed by atoms with Crippen molar-refractivity contribution in [3.63, 3.8) is 0 Å². The quantitative estimate of drug-likeness (QED) is 0.430. The number of ether oxygens (including phenoxy) is 4. The van der Waals surface area contributed by atoms with Crippen molar-refractivity contribution in [2.45, 2.75) is 20.1 Å². The zero-order chi connectivity index (χ0) is 22.7. The van der Waals surface area contributed by atoms with E-state index >= 15 is 0 Å². The maximum absolute atomic E-state index is 12.2. The first-order chi connectivity index (χ1) is 15.4. The fourth-order valence-corrected chi connectivity index (χ4v) is 3.36. The summed E-state index contributed by atoms with van der Waals surface area (Å²) in [6.07, 6.45) is -0.789. The van der Waals surface area contributed by atoms with Crippen molar-refractivity contribution in [3.05, 3.63) is 66.2 Å². The van der Waals surface area contributed by atoms with Gasteiger partial charge in [0, 0.05) is 19.4 Å². The molecule has 8 nitrogen and oxygen atoms in total. The Labute approximate surface area is 184 Å². The van der Waals surface area contributed by atoms with Gasteiger partial charge in [0.1, 0.15) is 5.75 Å². The molecule has 1 amide bonds. The van der Waals surface area contributed by atoms with Gasteiger partial charge in [-0.05, 0) is 41.1 Å². The number of hydrogen-bond acceptors (Lipinski definition) is 7. The van der Waals surface area contributed by atoms with Crippen LogP contribution in [0.15, 0.2) is 65.8 Å². The van der Waals surface area contributed by atoms with Crippen LogP contribution in [-0.2, 0) is 14.3 Å². The van der Waals surface area contributed by atoms with Crippen LogP contribution in [0.1, 0.15) is 25.6 Å². The van der Waals surface area contributed by atoms with Gasteiger partial charge in [-0.2, -0.15) is 5.01 Å². The van der Waals surface area contributed by atoms with Crippen molar-refractivity contribution in [2.24, 2.45) is 5.10 Å². The van der Waals surface area contributed by atoms with Crippen LogP contribution >= 0.6 is 0 Å². The third-order valence-corrected chi connectivity index (χ3v) is 4.82. The first-order valence-corrected chi connectivity index (χ1v) is 9.96. The minimum atomic E-state index is -0.789. The molecule has 0 aliphatic carbocycles. The minimum Gasteiger partial charge on any atom is -0.493 e. The monoisotopic (exact) mass is 434 g/mol. The maximum atomic E-state index is 12.2. The average molecular weight is 434 g/mol. The summed E-state index contributed by atoms with van der Waals surface area (Å²) < 4.78 is 22.2. The van der Waals surface area contributed by atoms with E-state index < -0.39 is 12.2 Å². The van der Waals surface area contributed by atoms with Crippen LogP contribution in [-0.4, -0.2) is 36.5 Å². The standard InChI is InChI=1S/C24H22N2O6/c1-15(27)26-24(19-9-11-21(31-16(2)28)22(13-19)29-3)32-23(25-26)14-30-20-10-8-17-6-4-5-7-18(17)12-20/h4-13,24H,14H2,1-3H3. The smallest absolute Gasteiger partial charge is 0.308 e. The molecular formula is C24H22N2O6. The number of carbonyl (C=O) groups excluding carboxylic acids is 2. The van der Waals surface area contributed by atoms with Crippen LogP contribution in [0.25, 0.3) is 10.8 Å². The highest BCUT2D eigenvalue weighted by Gasteiger charge is 2.33. The van der Waals surface area contributed by atoms with Crippen molar-refractivity contribution in [1.82, 2.24) is 5.01 Å². The number of methoxy groups -OCH3 is 1. The van der Waals surface area contributed by atoms with E-state index in [9.17, 15) is 9.59 Å². The van der Waals surface area contributed by atoms with E-state index in [0.29, 0.717) is 17.1 Å². The molecule has 164 valence electrons. The normalized spacial score (nSPS) is 15.2. The Morgan fingerprint density at radius 2 is 1.78 bits per heavy atom. The number of nitrogens with zero attached hydrogens (tertiary/aromatic N) is 2. The molecule has 8 heteroatoms. The molecule has 4 rings (SSSR count). The lowest BCUT2D eigenvalue weighted by Crippen LogP contribution is -2.25. The van der Waals surface area contributed by atoms with Crippen molar-refractivity contribution in [1.29, 1.82) is 0 Å². The third-order valence-electron chi connectivity index (χ3n) is 4.82. The van der Waals surface area contributed by atoms with Gasteiger partial charge in [0.25, 0.3) is 0 Å². The summed E-state index contributed by atoms with van der Waals surface area (Å²) in [5, 5.41) is 7.68. The SMILES string of the molecule is COc1cc(C2OC(COc3ccc4ccccc4c3)=NN2C(C)=O)ccc1OC(C)=O. The Hall–Kier alpha value is -4.07. The summed E-state index contributed by atoms with van der Waals surface area (Å²) in [7, 11) is 1.46. The van der Waals surface area contributed by atoms with Crippen molar-refractivity contribution in [3.8, 4) is 17.2 Å². The molecule has 1 aliphatic rings. The molecule has 0 saturated carbocycles. The molecule has 32 heavy (non-hydrogen) atoms. The van der Waals surface area contributed by atoms with Gasteiger partial charge in [-0.1, -0.05) is 30.3 Å². The molecule has 0 bridgehead atoms. The van der Waals surface area contributed by atoms with E-state index in [2.05, 4.69) is 5.10 Å².